The maximum atomic E-state index is 2.85. The lowest BCUT2D eigenvalue weighted by Gasteiger charge is -2.53. The van der Waals surface area contributed by atoms with E-state index in [1.807, 2.05) is 0 Å². The van der Waals surface area contributed by atoms with Crippen molar-refractivity contribution in [1.82, 2.24) is 0 Å². The first-order chi connectivity index (χ1) is 37.4. The average molecular weight is 1040 g/mol. The smallest absolute Gasteiger partial charge is 0.252 e. The molecule has 0 aromatic heterocycles. The molecule has 3 nitrogen and oxygen atoms in total. The molecule has 0 N–H and O–H groups in total. The lowest BCUT2D eigenvalue weighted by atomic mass is 9.33. The van der Waals surface area contributed by atoms with Crippen LogP contribution in [0, 0.1) is 0 Å². The maximum Gasteiger partial charge on any atom is 0.252 e. The number of para-hydroxylation sites is 1. The molecule has 400 valence electrons. The van der Waals surface area contributed by atoms with E-state index in [0.29, 0.717) is 0 Å². The summed E-state index contributed by atoms with van der Waals surface area (Å²) < 4.78 is 0. The van der Waals surface area contributed by atoms with Crippen LogP contribution < -0.4 is 31.1 Å². The van der Waals surface area contributed by atoms with Gasteiger partial charge in [-0.15, -0.1) is 0 Å². The molecule has 4 heteroatoms. The fraction of sp³-hybridized carbons (Fsp3) is 0.360. The monoisotopic (exact) mass is 1040 g/mol. The van der Waals surface area contributed by atoms with E-state index in [-0.39, 0.29) is 44.7 Å². The van der Waals surface area contributed by atoms with Gasteiger partial charge in [0.1, 0.15) is 0 Å². The molecular weight excluding hydrogens is 954 g/mol. The SMILES string of the molecule is CC(C)(C)c1cccc(N2c3cc(C(C)(C)C)ccc3B3c4cc5c(cc4N(c4ccc(C(C)(C)C)cc4-c4ccccc4)c4cc(N6c7ccccc7C7(c8ccccc8)CCCCC67C)cc2c43)C(C)(C)CCC5(C)C)c1. The number of nitrogens with zero attached hydrogens (tertiary/aromatic N) is 3. The lowest BCUT2D eigenvalue weighted by Crippen LogP contribution is -2.62. The second-order valence-electron chi connectivity index (χ2n) is 29.0. The minimum atomic E-state index is -0.269. The van der Waals surface area contributed by atoms with Gasteiger partial charge in [-0.05, 0) is 175 Å². The second-order valence-corrected chi connectivity index (χ2v) is 29.0. The summed E-state index contributed by atoms with van der Waals surface area (Å²) in [6.07, 6.45) is 6.86. The van der Waals surface area contributed by atoms with Crippen molar-refractivity contribution >= 4 is 68.6 Å². The molecule has 2 aliphatic carbocycles. The zero-order valence-electron chi connectivity index (χ0n) is 49.8. The summed E-state index contributed by atoms with van der Waals surface area (Å²) in [5.41, 5.74) is 25.9. The number of hydrogen-bond donors (Lipinski definition) is 0. The molecule has 8 aromatic carbocycles. The molecule has 3 aliphatic heterocycles. The fourth-order valence-corrected chi connectivity index (χ4v) is 15.5. The van der Waals surface area contributed by atoms with Crippen LogP contribution in [0.15, 0.2) is 170 Å². The van der Waals surface area contributed by atoms with E-state index in [1.54, 1.807) is 0 Å². The molecule has 0 spiro atoms. The van der Waals surface area contributed by atoms with Crippen molar-refractivity contribution in [2.45, 2.75) is 173 Å². The molecule has 0 radical (unpaired) electrons. The Labute approximate surface area is 474 Å². The summed E-state index contributed by atoms with van der Waals surface area (Å²) >= 11 is 0. The highest BCUT2D eigenvalue weighted by Crippen LogP contribution is 2.64. The largest absolute Gasteiger partial charge is 0.334 e. The summed E-state index contributed by atoms with van der Waals surface area (Å²) in [7, 11) is 0. The average Bonchev–Trinajstić information content (AvgIpc) is 3.58. The highest BCUT2D eigenvalue weighted by atomic mass is 15.3. The van der Waals surface area contributed by atoms with Gasteiger partial charge >= 0.3 is 0 Å². The number of fused-ring (bicyclic) bond motifs is 8. The molecule has 0 bridgehead atoms. The van der Waals surface area contributed by atoms with Gasteiger partial charge in [-0.3, -0.25) is 0 Å². The Morgan fingerprint density at radius 3 is 1.65 bits per heavy atom. The van der Waals surface area contributed by atoms with Crippen LogP contribution >= 0.6 is 0 Å². The van der Waals surface area contributed by atoms with Crippen LogP contribution in [-0.4, -0.2) is 12.3 Å². The first-order valence-electron chi connectivity index (χ1n) is 29.8. The molecule has 79 heavy (non-hydrogen) atoms. The molecule has 13 rings (SSSR count). The quantitative estimate of drug-likeness (QED) is 0.159. The molecule has 3 heterocycles. The van der Waals surface area contributed by atoms with Gasteiger partial charge in [0, 0.05) is 50.8 Å². The highest BCUT2D eigenvalue weighted by molar-refractivity contribution is 7.00. The van der Waals surface area contributed by atoms with Crippen molar-refractivity contribution in [2.24, 2.45) is 0 Å². The van der Waals surface area contributed by atoms with Gasteiger partial charge in [-0.2, -0.15) is 0 Å². The van der Waals surface area contributed by atoms with E-state index >= 15 is 0 Å². The van der Waals surface area contributed by atoms with Crippen LogP contribution in [0.5, 0.6) is 0 Å². The molecule has 5 aliphatic rings. The Hall–Kier alpha value is -6.78. The molecule has 0 saturated heterocycles. The van der Waals surface area contributed by atoms with Crippen LogP contribution in [0.25, 0.3) is 11.1 Å². The molecular formula is C75H82BN3. The minimum absolute atomic E-state index is 0.00620. The highest BCUT2D eigenvalue weighted by Gasteiger charge is 2.61. The second kappa shape index (κ2) is 17.6. The van der Waals surface area contributed by atoms with E-state index < -0.39 is 0 Å². The van der Waals surface area contributed by atoms with Crippen molar-refractivity contribution in [3.05, 3.63) is 209 Å². The van der Waals surface area contributed by atoms with E-state index in [1.165, 1.54) is 125 Å². The van der Waals surface area contributed by atoms with Crippen molar-refractivity contribution in [1.29, 1.82) is 0 Å². The molecule has 8 aromatic rings. The van der Waals surface area contributed by atoms with Crippen LogP contribution in [0.1, 0.15) is 174 Å². The predicted octanol–water partition coefficient (Wildman–Crippen LogP) is 18.4. The zero-order valence-corrected chi connectivity index (χ0v) is 49.8. The Bertz CT molecular complexity index is 3730. The minimum Gasteiger partial charge on any atom is -0.334 e. The lowest BCUT2D eigenvalue weighted by molar-refractivity contribution is 0.215. The third-order valence-electron chi connectivity index (χ3n) is 20.1. The number of rotatable bonds is 5. The summed E-state index contributed by atoms with van der Waals surface area (Å²) in [4.78, 5) is 8.30. The van der Waals surface area contributed by atoms with Gasteiger partial charge in [0.2, 0.25) is 0 Å². The Balaban J connectivity index is 1.21. The van der Waals surface area contributed by atoms with Gasteiger partial charge in [-0.25, -0.2) is 0 Å². The van der Waals surface area contributed by atoms with Gasteiger partial charge in [0.15, 0.2) is 0 Å². The number of hydrogen-bond acceptors (Lipinski definition) is 3. The molecule has 2 atom stereocenters. The summed E-state index contributed by atoms with van der Waals surface area (Å²) in [5, 5.41) is 0. The van der Waals surface area contributed by atoms with Gasteiger partial charge in [0.05, 0.1) is 11.2 Å². The van der Waals surface area contributed by atoms with Crippen LogP contribution in [0.2, 0.25) is 0 Å². The van der Waals surface area contributed by atoms with Crippen LogP contribution in [0.4, 0.5) is 45.5 Å². The van der Waals surface area contributed by atoms with E-state index in [0.717, 1.165) is 25.7 Å². The number of benzene rings is 8. The van der Waals surface area contributed by atoms with Crippen LogP contribution in [0.3, 0.4) is 0 Å². The number of anilines is 8. The molecule has 1 fully saturated rings. The molecule has 2 unspecified atom stereocenters. The van der Waals surface area contributed by atoms with Crippen molar-refractivity contribution < 1.29 is 0 Å². The van der Waals surface area contributed by atoms with Crippen LogP contribution in [-0.2, 0) is 32.5 Å². The normalized spacial score (nSPS) is 20.7. The standard InChI is InChI=1S/C75H82BN3/c1-69(2,3)51-30-25-31-54(42-51)77-64-44-53(71(7,8)9)34-36-60(64)76-61-47-58-59(73(12,13)41-40-72(58,10)11)48-65(61)78(62-37-35-52(70(4,5)6)43-56(62)49-26-17-15-18-27-49)67-46-55(45-66(77)68(67)76)79-63-33-22-21-32-57(63)75(50-28-19-16-20-29-50)39-24-23-38-74(75,79)14/h15-22,25-37,42-48H,23-24,38-41H2,1-14H3. The predicted molar refractivity (Wildman–Crippen MR) is 340 cm³/mol. The Morgan fingerprint density at radius 1 is 0.392 bits per heavy atom. The molecule has 0 amide bonds. The fourth-order valence-electron chi connectivity index (χ4n) is 15.5. The molecule has 1 saturated carbocycles. The van der Waals surface area contributed by atoms with Gasteiger partial charge < -0.3 is 14.7 Å². The Kier molecular flexibility index (Phi) is 11.5. The zero-order chi connectivity index (χ0) is 55.4. The summed E-state index contributed by atoms with van der Waals surface area (Å²) in [5.74, 6) is 0. The van der Waals surface area contributed by atoms with E-state index in [2.05, 4.69) is 281 Å². The first-order valence-corrected chi connectivity index (χ1v) is 29.8. The third kappa shape index (κ3) is 7.80. The van der Waals surface area contributed by atoms with Gasteiger partial charge in [0.25, 0.3) is 6.71 Å². The van der Waals surface area contributed by atoms with Crippen molar-refractivity contribution in [2.75, 3.05) is 14.7 Å². The topological polar surface area (TPSA) is 9.72 Å². The van der Waals surface area contributed by atoms with Crippen molar-refractivity contribution in [3.8, 4) is 11.1 Å². The van der Waals surface area contributed by atoms with Crippen molar-refractivity contribution in [3.63, 3.8) is 0 Å². The maximum absolute atomic E-state index is 2.85. The van der Waals surface area contributed by atoms with Gasteiger partial charge in [-0.1, -0.05) is 218 Å². The first kappa shape index (κ1) is 51.6. The summed E-state index contributed by atoms with van der Waals surface area (Å²) in [6.45, 7) is 33.8. The summed E-state index contributed by atoms with van der Waals surface area (Å²) in [6, 6.07) is 67.5. The Morgan fingerprint density at radius 2 is 0.962 bits per heavy atom. The van der Waals surface area contributed by atoms with E-state index in [9.17, 15) is 0 Å². The third-order valence-corrected chi connectivity index (χ3v) is 20.1. The van der Waals surface area contributed by atoms with E-state index in [4.69, 9.17) is 0 Å².